The Bertz CT molecular complexity index is 305. The molecule has 0 saturated carbocycles. The first-order chi connectivity index (χ1) is 8.67. The predicted octanol–water partition coefficient (Wildman–Crippen LogP) is 1.43. The van der Waals surface area contributed by atoms with Gasteiger partial charge < -0.3 is 15.0 Å². The highest BCUT2D eigenvalue weighted by molar-refractivity contribution is 8.00. The van der Waals surface area contributed by atoms with Crippen molar-refractivity contribution in [1.82, 2.24) is 10.2 Å². The van der Waals surface area contributed by atoms with Gasteiger partial charge in [0, 0.05) is 43.1 Å². The third kappa shape index (κ3) is 3.32. The van der Waals surface area contributed by atoms with Crippen LogP contribution >= 0.6 is 11.8 Å². The monoisotopic (exact) mass is 271 g/mol. The van der Waals surface area contributed by atoms with Gasteiger partial charge in [0.1, 0.15) is 0 Å². The summed E-state index contributed by atoms with van der Waals surface area (Å²) in [6, 6.07) is 0. The molecular formula is C13H25N3OS. The van der Waals surface area contributed by atoms with E-state index in [0.29, 0.717) is 5.41 Å². The average molecular weight is 271 g/mol. The summed E-state index contributed by atoms with van der Waals surface area (Å²) in [4.78, 5) is 6.82. The first-order valence-electron chi connectivity index (χ1n) is 6.82. The maximum atomic E-state index is 5.29. The fraction of sp³-hybridized carbons (Fsp3) is 0.923. The molecule has 0 bridgehead atoms. The van der Waals surface area contributed by atoms with Crippen LogP contribution in [0.4, 0.5) is 0 Å². The third-order valence-electron chi connectivity index (χ3n) is 3.68. The van der Waals surface area contributed by atoms with Crippen LogP contribution in [0.2, 0.25) is 0 Å². The lowest BCUT2D eigenvalue weighted by molar-refractivity contribution is -0.0972. The van der Waals surface area contributed by atoms with Crippen molar-refractivity contribution in [1.29, 1.82) is 0 Å². The van der Waals surface area contributed by atoms with Crippen LogP contribution in [0.5, 0.6) is 0 Å². The van der Waals surface area contributed by atoms with Crippen molar-refractivity contribution in [3.05, 3.63) is 0 Å². The van der Waals surface area contributed by atoms with Gasteiger partial charge in [-0.05, 0) is 6.42 Å². The zero-order chi connectivity index (χ0) is 13.0. The van der Waals surface area contributed by atoms with Crippen molar-refractivity contribution >= 4 is 17.7 Å². The van der Waals surface area contributed by atoms with E-state index in [1.807, 2.05) is 7.05 Å². The van der Waals surface area contributed by atoms with Gasteiger partial charge in [0.05, 0.1) is 13.2 Å². The van der Waals surface area contributed by atoms with E-state index in [0.717, 1.165) is 44.1 Å². The summed E-state index contributed by atoms with van der Waals surface area (Å²) in [5.74, 6) is 2.27. The van der Waals surface area contributed by atoms with Crippen LogP contribution < -0.4 is 5.32 Å². The van der Waals surface area contributed by atoms with E-state index in [2.05, 4.69) is 40.8 Å². The molecular weight excluding hydrogens is 246 g/mol. The summed E-state index contributed by atoms with van der Waals surface area (Å²) >= 11 is 2.09. The number of guanidine groups is 1. The Labute approximate surface area is 115 Å². The predicted molar refractivity (Wildman–Crippen MR) is 78.4 cm³/mol. The van der Waals surface area contributed by atoms with E-state index in [1.165, 1.54) is 12.2 Å². The van der Waals surface area contributed by atoms with Gasteiger partial charge in [-0.2, -0.15) is 11.8 Å². The van der Waals surface area contributed by atoms with Crippen LogP contribution in [0.25, 0.3) is 0 Å². The standard InChI is InChI=1S/C13H25N3OS/c1-4-11-7-16(5-6-18-11)12(14-3)15-8-13(2)9-17-10-13/h11H,4-10H2,1-3H3,(H,14,15). The molecule has 1 unspecified atom stereocenters. The summed E-state index contributed by atoms with van der Waals surface area (Å²) in [6.45, 7) is 9.44. The van der Waals surface area contributed by atoms with Gasteiger partial charge in [-0.15, -0.1) is 0 Å². The Kier molecular flexibility index (Phi) is 4.78. The number of hydrogen-bond acceptors (Lipinski definition) is 3. The van der Waals surface area contributed by atoms with Crippen molar-refractivity contribution in [2.75, 3.05) is 45.6 Å². The summed E-state index contributed by atoms with van der Waals surface area (Å²) in [6.07, 6.45) is 1.24. The molecule has 0 aromatic rings. The lowest BCUT2D eigenvalue weighted by atomic mass is 9.89. The fourth-order valence-electron chi connectivity index (χ4n) is 2.34. The van der Waals surface area contributed by atoms with Crippen molar-refractivity contribution in [2.24, 2.45) is 10.4 Å². The Hall–Kier alpha value is -0.420. The van der Waals surface area contributed by atoms with Gasteiger partial charge in [-0.1, -0.05) is 13.8 Å². The quantitative estimate of drug-likeness (QED) is 0.622. The normalized spacial score (nSPS) is 27.8. The zero-order valence-corrected chi connectivity index (χ0v) is 12.6. The number of ether oxygens (including phenoxy) is 1. The molecule has 2 aliphatic heterocycles. The van der Waals surface area contributed by atoms with Crippen LogP contribution in [-0.4, -0.2) is 61.8 Å². The van der Waals surface area contributed by atoms with Crippen molar-refractivity contribution < 1.29 is 4.74 Å². The highest BCUT2D eigenvalue weighted by Crippen LogP contribution is 2.25. The molecule has 1 N–H and O–H groups in total. The molecule has 0 aliphatic carbocycles. The Morgan fingerprint density at radius 3 is 2.89 bits per heavy atom. The minimum absolute atomic E-state index is 0.296. The molecule has 5 heteroatoms. The number of rotatable bonds is 3. The summed E-state index contributed by atoms with van der Waals surface area (Å²) in [5.41, 5.74) is 0.296. The lowest BCUT2D eigenvalue weighted by Gasteiger charge is -2.40. The Morgan fingerprint density at radius 2 is 2.33 bits per heavy atom. The molecule has 4 nitrogen and oxygen atoms in total. The van der Waals surface area contributed by atoms with Crippen molar-refractivity contribution in [2.45, 2.75) is 25.5 Å². The number of aliphatic imine (C=N–C) groups is 1. The highest BCUT2D eigenvalue weighted by atomic mass is 32.2. The van der Waals surface area contributed by atoms with E-state index in [4.69, 9.17) is 4.74 Å². The number of nitrogens with zero attached hydrogens (tertiary/aromatic N) is 2. The molecule has 1 atom stereocenters. The molecule has 2 saturated heterocycles. The molecule has 2 rings (SSSR count). The van der Waals surface area contributed by atoms with Crippen LogP contribution in [0, 0.1) is 5.41 Å². The molecule has 2 fully saturated rings. The first-order valence-corrected chi connectivity index (χ1v) is 7.87. The minimum atomic E-state index is 0.296. The highest BCUT2D eigenvalue weighted by Gasteiger charge is 2.34. The smallest absolute Gasteiger partial charge is 0.193 e. The molecule has 2 aliphatic rings. The third-order valence-corrected chi connectivity index (χ3v) is 5.05. The molecule has 0 radical (unpaired) electrons. The summed E-state index contributed by atoms with van der Waals surface area (Å²) < 4.78 is 5.29. The van der Waals surface area contributed by atoms with Crippen molar-refractivity contribution in [3.63, 3.8) is 0 Å². The average Bonchev–Trinajstić information content (AvgIpc) is 2.37. The topological polar surface area (TPSA) is 36.9 Å². The second-order valence-electron chi connectivity index (χ2n) is 5.55. The van der Waals surface area contributed by atoms with Crippen molar-refractivity contribution in [3.8, 4) is 0 Å². The maximum absolute atomic E-state index is 5.29. The molecule has 2 heterocycles. The number of nitrogens with one attached hydrogen (secondary N) is 1. The zero-order valence-electron chi connectivity index (χ0n) is 11.7. The van der Waals surface area contributed by atoms with Crippen LogP contribution in [0.1, 0.15) is 20.3 Å². The van der Waals surface area contributed by atoms with Gasteiger partial charge in [0.2, 0.25) is 0 Å². The second kappa shape index (κ2) is 6.15. The fourth-order valence-corrected chi connectivity index (χ4v) is 3.52. The van der Waals surface area contributed by atoms with Gasteiger partial charge in [-0.3, -0.25) is 4.99 Å². The van der Waals surface area contributed by atoms with Gasteiger partial charge >= 0.3 is 0 Å². The van der Waals surface area contributed by atoms with E-state index in [1.54, 1.807) is 0 Å². The summed E-state index contributed by atoms with van der Waals surface area (Å²) in [7, 11) is 1.88. The SMILES string of the molecule is CCC1CN(C(=NC)NCC2(C)COC2)CCS1. The lowest BCUT2D eigenvalue weighted by Crippen LogP contribution is -2.53. The molecule has 0 amide bonds. The molecule has 0 aromatic heterocycles. The van der Waals surface area contributed by atoms with E-state index >= 15 is 0 Å². The largest absolute Gasteiger partial charge is 0.380 e. The van der Waals surface area contributed by atoms with Crippen LogP contribution in [0.3, 0.4) is 0 Å². The molecule has 104 valence electrons. The van der Waals surface area contributed by atoms with Gasteiger partial charge in [-0.25, -0.2) is 0 Å². The first kappa shape index (κ1) is 14.0. The van der Waals surface area contributed by atoms with E-state index in [9.17, 15) is 0 Å². The number of thioether (sulfide) groups is 1. The van der Waals surface area contributed by atoms with Gasteiger partial charge in [0.25, 0.3) is 0 Å². The number of hydrogen-bond donors (Lipinski definition) is 1. The van der Waals surface area contributed by atoms with Gasteiger partial charge in [0.15, 0.2) is 5.96 Å². The molecule has 0 aromatic carbocycles. The second-order valence-corrected chi connectivity index (χ2v) is 6.96. The molecule has 0 spiro atoms. The minimum Gasteiger partial charge on any atom is -0.380 e. The molecule has 18 heavy (non-hydrogen) atoms. The van der Waals surface area contributed by atoms with Crippen LogP contribution in [0.15, 0.2) is 4.99 Å². The van der Waals surface area contributed by atoms with Crippen LogP contribution in [-0.2, 0) is 4.74 Å². The van der Waals surface area contributed by atoms with E-state index in [-0.39, 0.29) is 0 Å². The Balaban J connectivity index is 1.84. The Morgan fingerprint density at radius 1 is 1.56 bits per heavy atom. The maximum Gasteiger partial charge on any atom is 0.193 e. The van der Waals surface area contributed by atoms with E-state index < -0.39 is 0 Å². The summed E-state index contributed by atoms with van der Waals surface area (Å²) in [5, 5.41) is 4.26.